The molecule has 6 aliphatic rings. The van der Waals surface area contributed by atoms with Crippen molar-refractivity contribution < 1.29 is 115 Å². The van der Waals surface area contributed by atoms with E-state index in [1.807, 2.05) is 111 Å². The lowest BCUT2D eigenvalue weighted by molar-refractivity contribution is -0.153. The number of amides is 9. The molecule has 135 heavy (non-hydrogen) atoms. The number of carbonyl (C=O) groups is 12. The third kappa shape index (κ3) is 33.3. The number of phenols is 1. The first-order chi connectivity index (χ1) is 62.5. The zero-order valence-electron chi connectivity index (χ0n) is 81.4. The summed E-state index contributed by atoms with van der Waals surface area (Å²) in [5.41, 5.74) is 4.05. The topological polar surface area (TPSA) is 463 Å². The number of benzene rings is 3. The van der Waals surface area contributed by atoms with Crippen molar-refractivity contribution in [1.82, 2.24) is 61.6 Å². The number of aryl methyl sites for hydroxylation is 3. The van der Waals surface area contributed by atoms with Crippen LogP contribution in [0.4, 0.5) is 13.2 Å². The molecule has 11 N–H and O–H groups in total. The second kappa shape index (κ2) is 47.7. The third-order valence-corrected chi connectivity index (χ3v) is 24.9. The Morgan fingerprint density at radius 2 is 0.689 bits per heavy atom. The summed E-state index contributed by atoms with van der Waals surface area (Å²) in [5, 5.41) is 65.0. The van der Waals surface area contributed by atoms with E-state index in [0.717, 1.165) is 66.5 Å². The monoisotopic (exact) mass is 2010 g/mol. The number of nitrogens with one attached hydrogen (secondary N) is 6. The van der Waals surface area contributed by atoms with Gasteiger partial charge in [-0.1, -0.05) is 115 Å². The number of rotatable bonds is 23. The average Bonchev–Trinajstić information content (AvgIpc) is 1.64. The van der Waals surface area contributed by atoms with Crippen LogP contribution in [-0.4, -0.2) is 249 Å². The number of methoxy groups -OCH3 is 2. The number of likely N-dealkylation sites (tertiary alicyclic amines) is 3. The van der Waals surface area contributed by atoms with Gasteiger partial charge in [-0.25, -0.2) is 28.1 Å². The number of thiazole rings is 3. The average molecular weight is 2010 g/mol. The highest BCUT2D eigenvalue weighted by Crippen LogP contribution is 2.44. The Balaban J connectivity index is 0.000000279. The van der Waals surface area contributed by atoms with Gasteiger partial charge in [0.1, 0.15) is 64.7 Å². The number of nitrogens with zero attached hydrogens (tertiary/aromatic N) is 6. The van der Waals surface area contributed by atoms with Crippen molar-refractivity contribution in [2.24, 2.45) is 16.2 Å². The number of ether oxygens (including phenoxy) is 4. The molecule has 0 radical (unpaired) electrons. The van der Waals surface area contributed by atoms with Crippen LogP contribution in [0.2, 0.25) is 0 Å². The maximum Gasteiger partial charge on any atom is 0.303 e. The molecular formula is C95H134BrF3N12O21S3. The van der Waals surface area contributed by atoms with E-state index in [1.54, 1.807) is 105 Å². The minimum atomic E-state index is -1.94. The number of halogens is 4. The number of hydrogen-bond acceptors (Lipinski definition) is 26. The zero-order chi connectivity index (χ0) is 102. The van der Waals surface area contributed by atoms with Crippen LogP contribution in [0.25, 0.3) is 31.3 Å². The molecule has 9 atom stereocenters. The molecule has 6 heterocycles. The minimum absolute atomic E-state index is 0.0146. The van der Waals surface area contributed by atoms with Crippen LogP contribution in [0.15, 0.2) is 71.1 Å². The number of aromatic nitrogens is 3. The fourth-order valence-electron chi connectivity index (χ4n) is 14.6. The normalized spacial score (nSPS) is 19.3. The van der Waals surface area contributed by atoms with Gasteiger partial charge >= 0.3 is 11.9 Å². The van der Waals surface area contributed by atoms with Crippen LogP contribution in [0.1, 0.15) is 216 Å². The standard InChI is InChI=1S/2C27H35FN4O5S.C26H33FN4O5S.2C6H12O2.C2H4O2.CH3Br/c2*1-15-21(38-14-30-15)16-6-7-17(20(10-16)37-5)12-29-23(34)19-11-18(33)13-32(19)24(35)22(26(2,3)4)31-25(36)27(28)8-9-27;1-14-20(37-13-29-14)15-5-6-16(19(33)9-15)11-28-22(34)18-10-17(32)12-31(18)23(35)21(25(2,3)4)30-24(36)26(27)7-8-26;2*1-5(7)8-6(2,3)4;1-2(3)4;1-2/h2*6-7,10,14,18-19,22,33H,8-9,11-13H2,1-5H3,(H,29,34)(H,31,36);5-6,9,13,17-18,21,32-33H,7-8,10-12H2,1-4H3,(H,28,34)(H,30,36);2*1-4H3;1H3,(H,3,4);1H3/t2*18-,19+,22-;17-,18+,21-;;;;/m111..../s1. The number of carboxylic acids is 1. The first-order valence-electron chi connectivity index (χ1n) is 44.2. The SMILES string of the molecule is CBr.CC(=O)O.CC(=O)OC(C)(C)C.CC(=O)OC(C)(C)C.COc1cc(-c2scnc2C)ccc1CNC(=O)[C@@H]1C[C@@H](O)CN1C(=O)[C@@H](NC(=O)C1(F)CC1)C(C)(C)C.COc1cc(-c2scnc2C)ccc1CNC(=O)[C@@H]1C[C@@H](O)CN1C(=O)[C@@H](NC(=O)C1(F)CC1)C(C)(C)C.Cc1ncsc1-c1ccc(CNC(=O)[C@@H]2C[C@@H](O)CN2C(=O)[C@@H](NC(=O)C2(F)CC2)C(C)(C)C)c(O)c1. The second-order valence-corrected chi connectivity index (χ2v) is 41.7. The lowest BCUT2D eigenvalue weighted by Crippen LogP contribution is -2.59. The molecule has 3 aromatic carbocycles. The van der Waals surface area contributed by atoms with Gasteiger partial charge in [-0.05, 0) is 158 Å². The second-order valence-electron chi connectivity index (χ2n) is 39.2. The van der Waals surface area contributed by atoms with Gasteiger partial charge in [0.2, 0.25) is 35.4 Å². The van der Waals surface area contributed by atoms with E-state index < -0.39 is 147 Å². The maximum absolute atomic E-state index is 14.3. The lowest BCUT2D eigenvalue weighted by Gasteiger charge is -2.35. The summed E-state index contributed by atoms with van der Waals surface area (Å²) in [6, 6.07) is 10.6. The number of hydrogen-bond donors (Lipinski definition) is 11. The molecule has 40 heteroatoms. The Morgan fingerprint density at radius 1 is 0.444 bits per heavy atom. The summed E-state index contributed by atoms with van der Waals surface area (Å²) < 4.78 is 63.7. The number of alkyl halides is 4. The summed E-state index contributed by atoms with van der Waals surface area (Å²) in [6.07, 6.45) is -1.77. The third-order valence-electron chi connectivity index (χ3n) is 22.0. The molecule has 3 aromatic heterocycles. The van der Waals surface area contributed by atoms with Crippen LogP contribution in [0.5, 0.6) is 17.2 Å². The van der Waals surface area contributed by atoms with Crippen LogP contribution in [0, 0.1) is 37.0 Å². The number of β-amino-alcohol motifs (C(OH)–C–C–N with tert-alkyl or cyclic N) is 3. The number of aliphatic hydroxyl groups excluding tert-OH is 3. The fourth-order valence-corrected chi connectivity index (χ4v) is 17.0. The van der Waals surface area contributed by atoms with Gasteiger partial charge < -0.3 is 91.1 Å². The fraction of sp³-hybridized carbons (Fsp3) is 0.589. The van der Waals surface area contributed by atoms with Gasteiger partial charge in [-0.15, -0.1) is 34.0 Å². The van der Waals surface area contributed by atoms with Crippen molar-refractivity contribution in [2.75, 3.05) is 39.7 Å². The highest BCUT2D eigenvalue weighted by Gasteiger charge is 2.57. The van der Waals surface area contributed by atoms with Crippen LogP contribution >= 0.6 is 49.9 Å². The van der Waals surface area contributed by atoms with Crippen molar-refractivity contribution in [3.05, 3.63) is 105 Å². The molecule has 3 saturated carbocycles. The number of carboxylic acid groups (broad SMARTS) is 1. The van der Waals surface area contributed by atoms with E-state index in [4.69, 9.17) is 28.8 Å². The number of aliphatic hydroxyl groups is 3. The summed E-state index contributed by atoms with van der Waals surface area (Å²) in [4.78, 5) is 167. The highest BCUT2D eigenvalue weighted by atomic mass is 79.9. The number of aliphatic carboxylic acids is 1. The van der Waals surface area contributed by atoms with E-state index >= 15 is 0 Å². The predicted octanol–water partition coefficient (Wildman–Crippen LogP) is 11.7. The minimum Gasteiger partial charge on any atom is -0.508 e. The molecule has 9 amide bonds. The number of carbonyl (C=O) groups excluding carboxylic acids is 11. The van der Waals surface area contributed by atoms with Crippen molar-refractivity contribution in [2.45, 2.75) is 306 Å². The van der Waals surface area contributed by atoms with Gasteiger partial charge in [0.25, 0.3) is 23.7 Å². The van der Waals surface area contributed by atoms with E-state index in [-0.39, 0.29) is 126 Å². The number of phenolic OH excluding ortho intramolecular Hbond substituents is 1. The summed E-state index contributed by atoms with van der Waals surface area (Å²) in [5.74, 6) is -3.63. The highest BCUT2D eigenvalue weighted by molar-refractivity contribution is 9.08. The molecule has 12 rings (SSSR count). The Kier molecular flexibility index (Phi) is 40.1. The van der Waals surface area contributed by atoms with Gasteiger partial charge in [0.05, 0.1) is 80.8 Å². The molecule has 3 aliphatic carbocycles. The summed E-state index contributed by atoms with van der Waals surface area (Å²) in [7, 11) is 3.11. The molecule has 746 valence electrons. The maximum atomic E-state index is 14.3. The molecule has 0 spiro atoms. The Labute approximate surface area is 807 Å². The molecule has 33 nitrogen and oxygen atoms in total. The quantitative estimate of drug-likeness (QED) is 0.0210. The molecule has 6 fully saturated rings. The van der Waals surface area contributed by atoms with Gasteiger partial charge in [-0.2, -0.15) is 0 Å². The lowest BCUT2D eigenvalue weighted by atomic mass is 9.85. The molecule has 0 unspecified atom stereocenters. The van der Waals surface area contributed by atoms with E-state index in [2.05, 4.69) is 62.8 Å². The Morgan fingerprint density at radius 3 is 0.889 bits per heavy atom. The molecule has 6 aromatic rings. The molecule has 3 saturated heterocycles. The van der Waals surface area contributed by atoms with Crippen LogP contribution in [0.3, 0.4) is 0 Å². The smallest absolute Gasteiger partial charge is 0.303 e. The van der Waals surface area contributed by atoms with E-state index in [0.29, 0.717) is 17.1 Å². The number of esters is 2. The van der Waals surface area contributed by atoms with E-state index in [9.17, 15) is 86.3 Å². The van der Waals surface area contributed by atoms with Crippen molar-refractivity contribution >= 4 is 121 Å². The van der Waals surface area contributed by atoms with Crippen molar-refractivity contribution in [3.63, 3.8) is 0 Å². The van der Waals surface area contributed by atoms with Crippen molar-refractivity contribution in [3.8, 4) is 48.6 Å². The molecular weight excluding hydrogens is 1880 g/mol. The van der Waals surface area contributed by atoms with Crippen LogP contribution < -0.4 is 41.4 Å². The predicted molar refractivity (Wildman–Crippen MR) is 510 cm³/mol. The van der Waals surface area contributed by atoms with Crippen molar-refractivity contribution in [1.29, 1.82) is 0 Å². The van der Waals surface area contributed by atoms with Gasteiger partial charge in [-0.3, -0.25) is 57.5 Å². The molecule has 3 aliphatic heterocycles. The zero-order valence-corrected chi connectivity index (χ0v) is 85.5. The Bertz CT molecular complexity index is 4940. The first-order valence-corrected chi connectivity index (χ1v) is 48.4. The summed E-state index contributed by atoms with van der Waals surface area (Å²) in [6.45, 7) is 36.7. The number of aromatic hydroxyl groups is 1. The summed E-state index contributed by atoms with van der Waals surface area (Å²) >= 11 is 7.47. The Hall–Kier alpha value is -10.3. The van der Waals surface area contributed by atoms with E-state index in [1.165, 1.54) is 62.6 Å². The van der Waals surface area contributed by atoms with Crippen LogP contribution in [-0.2, 0) is 86.6 Å². The van der Waals surface area contributed by atoms with Gasteiger partial charge in [0.15, 0.2) is 17.0 Å². The van der Waals surface area contributed by atoms with Gasteiger partial charge in [0, 0.05) is 96.0 Å². The molecule has 0 bridgehead atoms. The largest absolute Gasteiger partial charge is 0.508 e. The first kappa shape index (κ1) is 113.